The molecule has 0 aromatic heterocycles. The van der Waals surface area contributed by atoms with Crippen molar-refractivity contribution >= 4 is 17.3 Å². The van der Waals surface area contributed by atoms with Gasteiger partial charge in [0, 0.05) is 24.3 Å². The Balaban J connectivity index is 2.33. The Morgan fingerprint density at radius 3 is 2.94 bits per heavy atom. The normalized spacial score (nSPS) is 15.6. The van der Waals surface area contributed by atoms with E-state index in [0.29, 0.717) is 6.42 Å². The quantitative estimate of drug-likeness (QED) is 0.814. The molecule has 0 radical (unpaired) electrons. The molecule has 0 fully saturated rings. The molecular weight excluding hydrogens is 212 g/mol. The van der Waals surface area contributed by atoms with Crippen LogP contribution in [0.5, 0.6) is 0 Å². The molecule has 0 spiro atoms. The van der Waals surface area contributed by atoms with Gasteiger partial charge in [0.15, 0.2) is 0 Å². The fraction of sp³-hybridized carbons (Fsp3) is 0.500. The second kappa shape index (κ2) is 5.21. The summed E-state index contributed by atoms with van der Waals surface area (Å²) in [4.78, 5) is 14.0. The van der Waals surface area contributed by atoms with Gasteiger partial charge in [-0.2, -0.15) is 0 Å². The first kappa shape index (κ1) is 12.0. The number of hydrogen-bond donors (Lipinski definition) is 1. The molecule has 3 heteroatoms. The van der Waals surface area contributed by atoms with Crippen molar-refractivity contribution in [3.8, 4) is 0 Å². The molecule has 1 aromatic carbocycles. The predicted octanol–water partition coefficient (Wildman–Crippen LogP) is 2.74. The summed E-state index contributed by atoms with van der Waals surface area (Å²) in [7, 11) is 0. The number of nitrogen functional groups attached to an aromatic ring is 1. The number of carbonyl (C=O) groups excluding carboxylic acids is 1. The maximum absolute atomic E-state index is 12.1. The summed E-state index contributed by atoms with van der Waals surface area (Å²) in [6.07, 6.45) is 4.69. The van der Waals surface area contributed by atoms with E-state index in [1.54, 1.807) is 0 Å². The van der Waals surface area contributed by atoms with E-state index in [1.807, 2.05) is 23.1 Å². The number of aryl methyl sites for hydroxylation is 1. The van der Waals surface area contributed by atoms with Crippen molar-refractivity contribution in [3.63, 3.8) is 0 Å². The van der Waals surface area contributed by atoms with E-state index < -0.39 is 0 Å². The fourth-order valence-corrected chi connectivity index (χ4v) is 2.33. The summed E-state index contributed by atoms with van der Waals surface area (Å²) in [5.41, 5.74) is 8.88. The van der Waals surface area contributed by atoms with Gasteiger partial charge >= 0.3 is 0 Å². The number of rotatable bonds is 3. The lowest BCUT2D eigenvalue weighted by molar-refractivity contribution is -0.118. The van der Waals surface area contributed by atoms with Crippen molar-refractivity contribution in [3.05, 3.63) is 23.8 Å². The zero-order valence-corrected chi connectivity index (χ0v) is 10.4. The van der Waals surface area contributed by atoms with E-state index in [-0.39, 0.29) is 5.91 Å². The first-order chi connectivity index (χ1) is 8.22. The molecular formula is C14H20N2O. The van der Waals surface area contributed by atoms with Crippen molar-refractivity contribution < 1.29 is 4.79 Å². The van der Waals surface area contributed by atoms with Crippen LogP contribution >= 0.6 is 0 Å². The van der Waals surface area contributed by atoms with Crippen molar-refractivity contribution in [1.29, 1.82) is 0 Å². The molecule has 0 unspecified atom stereocenters. The van der Waals surface area contributed by atoms with E-state index >= 15 is 0 Å². The minimum Gasteiger partial charge on any atom is -0.399 e. The Kier molecular flexibility index (Phi) is 3.67. The average molecular weight is 232 g/mol. The van der Waals surface area contributed by atoms with Gasteiger partial charge in [-0.3, -0.25) is 4.79 Å². The van der Waals surface area contributed by atoms with E-state index in [0.717, 1.165) is 43.6 Å². The van der Waals surface area contributed by atoms with Crippen molar-refractivity contribution in [2.75, 3.05) is 17.2 Å². The molecule has 1 aliphatic heterocycles. The highest BCUT2D eigenvalue weighted by molar-refractivity contribution is 5.95. The first-order valence-corrected chi connectivity index (χ1v) is 6.41. The van der Waals surface area contributed by atoms with Gasteiger partial charge in [0.2, 0.25) is 5.91 Å². The highest BCUT2D eigenvalue weighted by Gasteiger charge is 2.21. The summed E-state index contributed by atoms with van der Waals surface area (Å²) in [5.74, 6) is 0.252. The predicted molar refractivity (Wildman–Crippen MR) is 71.1 cm³/mol. The van der Waals surface area contributed by atoms with Crippen molar-refractivity contribution in [2.45, 2.75) is 39.0 Å². The fourth-order valence-electron chi connectivity index (χ4n) is 2.33. The van der Waals surface area contributed by atoms with Crippen LogP contribution in [0, 0.1) is 0 Å². The Labute approximate surface area is 103 Å². The number of hydrogen-bond acceptors (Lipinski definition) is 2. The van der Waals surface area contributed by atoms with Crippen LogP contribution in [-0.2, 0) is 11.2 Å². The number of nitrogens with two attached hydrogens (primary N) is 1. The summed E-state index contributed by atoms with van der Waals surface area (Å²) >= 11 is 0. The highest BCUT2D eigenvalue weighted by atomic mass is 16.2. The Bertz CT molecular complexity index is 415. The van der Waals surface area contributed by atoms with E-state index in [4.69, 9.17) is 5.73 Å². The standard InChI is InChI=1S/C14H20N2O/c1-2-3-9-16-13-8-7-12(15)10-11(13)5-4-6-14(16)17/h7-8,10H,2-6,9,15H2,1H3. The van der Waals surface area contributed by atoms with Gasteiger partial charge in [0.1, 0.15) is 0 Å². The summed E-state index contributed by atoms with van der Waals surface area (Å²) in [5, 5.41) is 0. The number of anilines is 2. The minimum atomic E-state index is 0.252. The second-order valence-corrected chi connectivity index (χ2v) is 4.64. The highest BCUT2D eigenvalue weighted by Crippen LogP contribution is 2.28. The van der Waals surface area contributed by atoms with E-state index in [2.05, 4.69) is 6.92 Å². The third-order valence-corrected chi connectivity index (χ3v) is 3.27. The van der Waals surface area contributed by atoms with Gasteiger partial charge < -0.3 is 10.6 Å². The van der Waals surface area contributed by atoms with Gasteiger partial charge in [0.05, 0.1) is 0 Å². The van der Waals surface area contributed by atoms with Gasteiger partial charge in [-0.05, 0) is 43.0 Å². The summed E-state index contributed by atoms with van der Waals surface area (Å²) < 4.78 is 0. The molecule has 2 N–H and O–H groups in total. The Morgan fingerprint density at radius 2 is 2.18 bits per heavy atom. The minimum absolute atomic E-state index is 0.252. The molecule has 1 aromatic rings. The lowest BCUT2D eigenvalue weighted by atomic mass is 10.1. The molecule has 0 saturated carbocycles. The summed E-state index contributed by atoms with van der Waals surface area (Å²) in [6.45, 7) is 2.97. The van der Waals surface area contributed by atoms with Crippen LogP contribution in [0.15, 0.2) is 18.2 Å². The van der Waals surface area contributed by atoms with Crippen LogP contribution in [0.25, 0.3) is 0 Å². The Morgan fingerprint density at radius 1 is 1.35 bits per heavy atom. The van der Waals surface area contributed by atoms with Gasteiger partial charge in [0.25, 0.3) is 0 Å². The van der Waals surface area contributed by atoms with E-state index in [9.17, 15) is 4.79 Å². The molecule has 2 rings (SSSR count). The maximum Gasteiger partial charge on any atom is 0.226 e. The molecule has 92 valence electrons. The first-order valence-electron chi connectivity index (χ1n) is 6.41. The van der Waals surface area contributed by atoms with E-state index in [1.165, 1.54) is 5.56 Å². The third kappa shape index (κ3) is 2.60. The van der Waals surface area contributed by atoms with Gasteiger partial charge in [-0.15, -0.1) is 0 Å². The topological polar surface area (TPSA) is 46.3 Å². The number of fused-ring (bicyclic) bond motifs is 1. The van der Waals surface area contributed by atoms with Gasteiger partial charge in [-0.1, -0.05) is 13.3 Å². The lowest BCUT2D eigenvalue weighted by Crippen LogP contribution is -2.31. The molecule has 1 aliphatic rings. The second-order valence-electron chi connectivity index (χ2n) is 4.64. The number of nitrogens with zero attached hydrogens (tertiary/aromatic N) is 1. The van der Waals surface area contributed by atoms with Crippen LogP contribution < -0.4 is 10.6 Å². The van der Waals surface area contributed by atoms with Gasteiger partial charge in [-0.25, -0.2) is 0 Å². The van der Waals surface area contributed by atoms with Crippen molar-refractivity contribution in [2.24, 2.45) is 0 Å². The monoisotopic (exact) mass is 232 g/mol. The summed E-state index contributed by atoms with van der Waals surface area (Å²) in [6, 6.07) is 5.88. The molecule has 0 bridgehead atoms. The molecule has 1 amide bonds. The molecule has 0 saturated heterocycles. The zero-order valence-electron chi connectivity index (χ0n) is 10.4. The van der Waals surface area contributed by atoms with Crippen LogP contribution in [0.1, 0.15) is 38.2 Å². The lowest BCUT2D eigenvalue weighted by Gasteiger charge is -2.23. The molecule has 17 heavy (non-hydrogen) atoms. The average Bonchev–Trinajstić information content (AvgIpc) is 2.45. The molecule has 1 heterocycles. The van der Waals surface area contributed by atoms with Crippen molar-refractivity contribution in [1.82, 2.24) is 0 Å². The smallest absolute Gasteiger partial charge is 0.226 e. The largest absolute Gasteiger partial charge is 0.399 e. The zero-order chi connectivity index (χ0) is 12.3. The maximum atomic E-state index is 12.1. The number of benzene rings is 1. The molecule has 3 nitrogen and oxygen atoms in total. The number of unbranched alkanes of at least 4 members (excludes halogenated alkanes) is 1. The van der Waals surface area contributed by atoms with Crippen LogP contribution in [0.3, 0.4) is 0 Å². The van der Waals surface area contributed by atoms with Crippen LogP contribution in [0.4, 0.5) is 11.4 Å². The third-order valence-electron chi connectivity index (χ3n) is 3.27. The molecule has 0 aliphatic carbocycles. The SMILES string of the molecule is CCCCN1C(=O)CCCc2cc(N)ccc21. The number of amides is 1. The number of carbonyl (C=O) groups is 1. The Hall–Kier alpha value is -1.51. The molecule has 0 atom stereocenters. The van der Waals surface area contributed by atoms with Crippen LogP contribution in [-0.4, -0.2) is 12.5 Å². The van der Waals surface area contributed by atoms with Crippen LogP contribution in [0.2, 0.25) is 0 Å².